The van der Waals surface area contributed by atoms with Crippen molar-refractivity contribution in [2.24, 2.45) is 0 Å². The number of nitrogens with zero attached hydrogens (tertiary/aromatic N) is 1. The summed E-state index contributed by atoms with van der Waals surface area (Å²) in [4.78, 5) is 2.32. The van der Waals surface area contributed by atoms with E-state index in [9.17, 15) is 0 Å². The summed E-state index contributed by atoms with van der Waals surface area (Å²) in [6, 6.07) is 0.556. The smallest absolute Gasteiger partial charge is 0.0826 e. The van der Waals surface area contributed by atoms with Crippen molar-refractivity contribution in [1.82, 2.24) is 10.2 Å². The number of hydrogen-bond acceptors (Lipinski definition) is 3. The lowest BCUT2D eigenvalue weighted by Gasteiger charge is -2.30. The first-order valence-corrected chi connectivity index (χ1v) is 4.72. The molecule has 0 saturated carbocycles. The van der Waals surface area contributed by atoms with E-state index in [4.69, 9.17) is 4.74 Å². The third-order valence-electron chi connectivity index (χ3n) is 2.10. The van der Waals surface area contributed by atoms with Crippen LogP contribution in [-0.2, 0) is 4.74 Å². The summed E-state index contributed by atoms with van der Waals surface area (Å²) in [5.74, 6) is 0. The van der Waals surface area contributed by atoms with E-state index in [2.05, 4.69) is 31.1 Å². The maximum absolute atomic E-state index is 5.59. The van der Waals surface area contributed by atoms with Crippen molar-refractivity contribution in [3.8, 4) is 0 Å². The Balaban J connectivity index is 2.14. The third-order valence-corrected chi connectivity index (χ3v) is 2.10. The zero-order valence-electron chi connectivity index (χ0n) is 8.34. The summed E-state index contributed by atoms with van der Waals surface area (Å²) in [5.41, 5.74) is 0. The van der Waals surface area contributed by atoms with Crippen molar-refractivity contribution in [3.63, 3.8) is 0 Å². The Hall–Kier alpha value is -0.120. The molecule has 1 aliphatic rings. The number of rotatable bonds is 3. The summed E-state index contributed by atoms with van der Waals surface area (Å²) in [6.45, 7) is 8.29. The zero-order chi connectivity index (χ0) is 8.97. The second-order valence-electron chi connectivity index (χ2n) is 3.82. The second-order valence-corrected chi connectivity index (χ2v) is 3.82. The van der Waals surface area contributed by atoms with Gasteiger partial charge >= 0.3 is 0 Å². The van der Waals surface area contributed by atoms with Gasteiger partial charge in [-0.25, -0.2) is 0 Å². The van der Waals surface area contributed by atoms with Gasteiger partial charge < -0.3 is 15.0 Å². The molecule has 1 saturated heterocycles. The first-order valence-electron chi connectivity index (χ1n) is 4.72. The van der Waals surface area contributed by atoms with E-state index in [1.54, 1.807) is 0 Å². The van der Waals surface area contributed by atoms with Crippen LogP contribution in [0.25, 0.3) is 0 Å². The Morgan fingerprint density at radius 2 is 2.33 bits per heavy atom. The minimum absolute atomic E-state index is 0.381. The molecule has 1 unspecified atom stereocenters. The van der Waals surface area contributed by atoms with Crippen molar-refractivity contribution in [3.05, 3.63) is 0 Å². The van der Waals surface area contributed by atoms with E-state index < -0.39 is 0 Å². The molecule has 0 aromatic rings. The van der Waals surface area contributed by atoms with Crippen LogP contribution < -0.4 is 5.32 Å². The monoisotopic (exact) mass is 172 g/mol. The Labute approximate surface area is 75.1 Å². The van der Waals surface area contributed by atoms with Crippen molar-refractivity contribution in [2.45, 2.75) is 26.0 Å². The SMILES string of the molecule is CC(C)NCC1CN(C)CCO1. The Bertz CT molecular complexity index is 128. The van der Waals surface area contributed by atoms with Crippen molar-refractivity contribution in [1.29, 1.82) is 0 Å². The van der Waals surface area contributed by atoms with Gasteiger partial charge in [-0.1, -0.05) is 13.8 Å². The fraction of sp³-hybridized carbons (Fsp3) is 1.00. The van der Waals surface area contributed by atoms with Gasteiger partial charge in [-0.2, -0.15) is 0 Å². The normalized spacial score (nSPS) is 26.5. The minimum atomic E-state index is 0.381. The van der Waals surface area contributed by atoms with E-state index in [0.717, 1.165) is 26.2 Å². The average molecular weight is 172 g/mol. The number of hydrogen-bond donors (Lipinski definition) is 1. The highest BCUT2D eigenvalue weighted by Gasteiger charge is 2.16. The summed E-state index contributed by atoms with van der Waals surface area (Å²) in [6.07, 6.45) is 0.381. The molecule has 0 radical (unpaired) electrons. The summed E-state index contributed by atoms with van der Waals surface area (Å²) < 4.78 is 5.59. The molecule has 0 spiro atoms. The van der Waals surface area contributed by atoms with Crippen LogP contribution in [-0.4, -0.2) is 50.3 Å². The molecule has 3 nitrogen and oxygen atoms in total. The molecule has 0 aliphatic carbocycles. The van der Waals surface area contributed by atoms with Gasteiger partial charge in [0.05, 0.1) is 12.7 Å². The van der Waals surface area contributed by atoms with Gasteiger partial charge in [0, 0.05) is 25.7 Å². The van der Waals surface area contributed by atoms with Gasteiger partial charge in [0.2, 0.25) is 0 Å². The standard InChI is InChI=1S/C9H20N2O/c1-8(2)10-6-9-7-11(3)4-5-12-9/h8-10H,4-7H2,1-3H3. The van der Waals surface area contributed by atoms with Crippen molar-refractivity contribution >= 4 is 0 Å². The first kappa shape index (κ1) is 9.96. The largest absolute Gasteiger partial charge is 0.374 e. The van der Waals surface area contributed by atoms with Gasteiger partial charge in [0.25, 0.3) is 0 Å². The third kappa shape index (κ3) is 3.52. The molecule has 1 aliphatic heterocycles. The average Bonchev–Trinajstić information content (AvgIpc) is 2.01. The molecular weight excluding hydrogens is 152 g/mol. The van der Waals surface area contributed by atoms with E-state index in [0.29, 0.717) is 12.1 Å². The van der Waals surface area contributed by atoms with E-state index in [-0.39, 0.29) is 0 Å². The fourth-order valence-electron chi connectivity index (χ4n) is 1.36. The highest BCUT2D eigenvalue weighted by molar-refractivity contribution is 4.71. The molecule has 1 atom stereocenters. The number of ether oxygens (including phenoxy) is 1. The van der Waals surface area contributed by atoms with Crippen LogP contribution in [0.2, 0.25) is 0 Å². The quantitative estimate of drug-likeness (QED) is 0.663. The maximum Gasteiger partial charge on any atom is 0.0826 e. The highest BCUT2D eigenvalue weighted by atomic mass is 16.5. The second kappa shape index (κ2) is 4.80. The van der Waals surface area contributed by atoms with Crippen molar-refractivity contribution in [2.75, 3.05) is 33.3 Å². The highest BCUT2D eigenvalue weighted by Crippen LogP contribution is 2.01. The maximum atomic E-state index is 5.59. The lowest BCUT2D eigenvalue weighted by Crippen LogP contribution is -2.45. The molecular formula is C9H20N2O. The van der Waals surface area contributed by atoms with Gasteiger partial charge in [-0.3, -0.25) is 0 Å². The molecule has 0 aromatic heterocycles. The van der Waals surface area contributed by atoms with Gasteiger partial charge in [0.1, 0.15) is 0 Å². The lowest BCUT2D eigenvalue weighted by atomic mass is 10.2. The summed E-state index contributed by atoms with van der Waals surface area (Å²) in [7, 11) is 2.14. The number of nitrogens with one attached hydrogen (secondary N) is 1. The molecule has 1 heterocycles. The number of likely N-dealkylation sites (N-methyl/N-ethyl adjacent to an activating group) is 1. The van der Waals surface area contributed by atoms with Gasteiger partial charge in [0.15, 0.2) is 0 Å². The zero-order valence-corrected chi connectivity index (χ0v) is 8.34. The summed E-state index contributed by atoms with van der Waals surface area (Å²) in [5, 5.41) is 3.38. The van der Waals surface area contributed by atoms with Crippen LogP contribution in [0.3, 0.4) is 0 Å². The van der Waals surface area contributed by atoms with Crippen LogP contribution in [0.5, 0.6) is 0 Å². The first-order chi connectivity index (χ1) is 5.68. The Morgan fingerprint density at radius 1 is 1.58 bits per heavy atom. The Morgan fingerprint density at radius 3 is 2.92 bits per heavy atom. The molecule has 0 aromatic carbocycles. The molecule has 1 rings (SSSR count). The van der Waals surface area contributed by atoms with Crippen LogP contribution in [0, 0.1) is 0 Å². The van der Waals surface area contributed by atoms with Crippen LogP contribution >= 0.6 is 0 Å². The molecule has 0 bridgehead atoms. The topological polar surface area (TPSA) is 24.5 Å². The van der Waals surface area contributed by atoms with E-state index in [1.165, 1.54) is 0 Å². The fourth-order valence-corrected chi connectivity index (χ4v) is 1.36. The van der Waals surface area contributed by atoms with Crippen LogP contribution in [0.4, 0.5) is 0 Å². The molecule has 3 heteroatoms. The van der Waals surface area contributed by atoms with E-state index in [1.807, 2.05) is 0 Å². The predicted molar refractivity (Wildman–Crippen MR) is 50.4 cm³/mol. The van der Waals surface area contributed by atoms with Gasteiger partial charge in [-0.05, 0) is 7.05 Å². The minimum Gasteiger partial charge on any atom is -0.374 e. The van der Waals surface area contributed by atoms with Crippen LogP contribution in [0.15, 0.2) is 0 Å². The molecule has 12 heavy (non-hydrogen) atoms. The van der Waals surface area contributed by atoms with E-state index >= 15 is 0 Å². The molecule has 1 N–H and O–H groups in total. The number of morpholine rings is 1. The molecule has 0 amide bonds. The van der Waals surface area contributed by atoms with Crippen molar-refractivity contribution < 1.29 is 4.74 Å². The van der Waals surface area contributed by atoms with Gasteiger partial charge in [-0.15, -0.1) is 0 Å². The Kier molecular flexibility index (Phi) is 3.98. The lowest BCUT2D eigenvalue weighted by molar-refractivity contribution is -0.0188. The molecule has 1 fully saturated rings. The van der Waals surface area contributed by atoms with Crippen LogP contribution in [0.1, 0.15) is 13.8 Å². The predicted octanol–water partition coefficient (Wildman–Crippen LogP) is 0.315. The summed E-state index contributed by atoms with van der Waals surface area (Å²) >= 11 is 0. The molecule has 72 valence electrons.